The molecule has 0 aromatic heterocycles. The van der Waals surface area contributed by atoms with Gasteiger partial charge < -0.3 is 5.32 Å². The van der Waals surface area contributed by atoms with Crippen molar-refractivity contribution in [3.8, 4) is 0 Å². The van der Waals surface area contributed by atoms with Gasteiger partial charge in [0, 0.05) is 26.2 Å². The summed E-state index contributed by atoms with van der Waals surface area (Å²) in [5.74, 6) is 0.0755. The van der Waals surface area contributed by atoms with Crippen LogP contribution in [0.1, 0.15) is 20.3 Å². The molecule has 0 aromatic carbocycles. The van der Waals surface area contributed by atoms with Crippen molar-refractivity contribution in [2.75, 3.05) is 26.2 Å². The van der Waals surface area contributed by atoms with Crippen molar-refractivity contribution in [2.45, 2.75) is 32.5 Å². The van der Waals surface area contributed by atoms with E-state index < -0.39 is 12.2 Å². The van der Waals surface area contributed by atoms with E-state index in [4.69, 9.17) is 0 Å². The summed E-state index contributed by atoms with van der Waals surface area (Å²) in [6.45, 7) is 5.98. The van der Waals surface area contributed by atoms with Crippen molar-refractivity contribution in [3.05, 3.63) is 0 Å². The maximum atomic E-state index is 12.8. The molecular weight excluding hydrogens is 205 g/mol. The van der Waals surface area contributed by atoms with E-state index in [0.29, 0.717) is 26.2 Å². The molecule has 1 rings (SSSR count). The zero-order valence-electron chi connectivity index (χ0n) is 9.27. The molecule has 90 valence electrons. The zero-order chi connectivity index (χ0) is 11.5. The number of hydrogen-bond acceptors (Lipinski definition) is 2. The van der Waals surface area contributed by atoms with E-state index >= 15 is 0 Å². The molecule has 5 heteroatoms. The molecule has 0 amide bonds. The van der Waals surface area contributed by atoms with Gasteiger partial charge in [-0.1, -0.05) is 13.8 Å². The van der Waals surface area contributed by atoms with Crippen molar-refractivity contribution in [3.63, 3.8) is 0 Å². The fourth-order valence-corrected chi connectivity index (χ4v) is 1.93. The average molecular weight is 224 g/mol. The molecule has 0 aromatic rings. The molecule has 1 N–H and O–H groups in total. The van der Waals surface area contributed by atoms with Crippen molar-refractivity contribution in [2.24, 2.45) is 5.92 Å². The van der Waals surface area contributed by atoms with Crippen LogP contribution in [0, 0.1) is 5.92 Å². The Hall–Kier alpha value is -0.290. The Morgan fingerprint density at radius 3 is 2.13 bits per heavy atom. The fourth-order valence-electron chi connectivity index (χ4n) is 1.93. The smallest absolute Gasteiger partial charge is 0.314 e. The Bertz CT molecular complexity index is 186. The highest BCUT2D eigenvalue weighted by Gasteiger charge is 2.43. The minimum absolute atomic E-state index is 0.0755. The van der Waals surface area contributed by atoms with Gasteiger partial charge >= 0.3 is 6.18 Å². The lowest BCUT2D eigenvalue weighted by molar-refractivity contribution is -0.189. The number of rotatable bonds is 3. The first-order chi connectivity index (χ1) is 6.91. The minimum Gasteiger partial charge on any atom is -0.314 e. The molecule has 1 saturated heterocycles. The molecule has 1 heterocycles. The van der Waals surface area contributed by atoms with Gasteiger partial charge in [-0.25, -0.2) is 0 Å². The van der Waals surface area contributed by atoms with E-state index in [2.05, 4.69) is 5.32 Å². The van der Waals surface area contributed by atoms with Crippen molar-refractivity contribution >= 4 is 0 Å². The van der Waals surface area contributed by atoms with Crippen LogP contribution in [-0.2, 0) is 0 Å². The number of alkyl halides is 3. The molecule has 0 saturated carbocycles. The predicted molar refractivity (Wildman–Crippen MR) is 53.7 cm³/mol. The molecule has 1 atom stereocenters. The van der Waals surface area contributed by atoms with Crippen LogP contribution in [-0.4, -0.2) is 43.3 Å². The molecule has 0 aliphatic carbocycles. The summed E-state index contributed by atoms with van der Waals surface area (Å²) in [4.78, 5) is 1.55. The summed E-state index contributed by atoms with van der Waals surface area (Å²) in [6, 6.07) is -1.26. The Labute approximate surface area is 88.8 Å². The SMILES string of the molecule is CC(C)CC(N1CCNCC1)C(F)(F)F. The van der Waals surface area contributed by atoms with Gasteiger partial charge in [0.25, 0.3) is 0 Å². The lowest BCUT2D eigenvalue weighted by Gasteiger charge is -2.36. The van der Waals surface area contributed by atoms with Crippen LogP contribution in [0.15, 0.2) is 0 Å². The molecule has 15 heavy (non-hydrogen) atoms. The molecule has 1 fully saturated rings. The summed E-state index contributed by atoms with van der Waals surface area (Å²) in [5.41, 5.74) is 0. The molecule has 1 aliphatic heterocycles. The maximum absolute atomic E-state index is 12.8. The second kappa shape index (κ2) is 5.16. The van der Waals surface area contributed by atoms with E-state index in [1.54, 1.807) is 4.90 Å². The largest absolute Gasteiger partial charge is 0.404 e. The topological polar surface area (TPSA) is 15.3 Å². The normalized spacial score (nSPS) is 22.0. The Morgan fingerprint density at radius 2 is 1.73 bits per heavy atom. The maximum Gasteiger partial charge on any atom is 0.404 e. The molecule has 1 aliphatic rings. The molecule has 2 nitrogen and oxygen atoms in total. The predicted octanol–water partition coefficient (Wildman–Crippen LogP) is 1.87. The van der Waals surface area contributed by atoms with Crippen LogP contribution < -0.4 is 5.32 Å². The highest BCUT2D eigenvalue weighted by atomic mass is 19.4. The zero-order valence-corrected chi connectivity index (χ0v) is 9.27. The second-order valence-corrected chi connectivity index (χ2v) is 4.47. The van der Waals surface area contributed by atoms with Crippen molar-refractivity contribution in [1.29, 1.82) is 0 Å². The van der Waals surface area contributed by atoms with Gasteiger partial charge in [-0.05, 0) is 12.3 Å². The van der Waals surface area contributed by atoms with E-state index in [1.165, 1.54) is 0 Å². The first kappa shape index (κ1) is 12.8. The number of hydrogen-bond donors (Lipinski definition) is 1. The van der Waals surface area contributed by atoms with Gasteiger partial charge in [-0.2, -0.15) is 13.2 Å². The third-order valence-corrected chi connectivity index (χ3v) is 2.66. The summed E-state index contributed by atoms with van der Waals surface area (Å²) in [5, 5.41) is 3.07. The van der Waals surface area contributed by atoms with Gasteiger partial charge in [0.2, 0.25) is 0 Å². The Morgan fingerprint density at radius 1 is 1.20 bits per heavy atom. The molecule has 0 spiro atoms. The first-order valence-electron chi connectivity index (χ1n) is 5.42. The fraction of sp³-hybridized carbons (Fsp3) is 1.00. The van der Waals surface area contributed by atoms with Crippen LogP contribution in [0.5, 0.6) is 0 Å². The highest BCUT2D eigenvalue weighted by Crippen LogP contribution is 2.29. The molecule has 0 radical (unpaired) electrons. The summed E-state index contributed by atoms with van der Waals surface area (Å²) >= 11 is 0. The lowest BCUT2D eigenvalue weighted by Crippen LogP contribution is -2.54. The van der Waals surface area contributed by atoms with E-state index in [9.17, 15) is 13.2 Å². The lowest BCUT2D eigenvalue weighted by atomic mass is 10.0. The summed E-state index contributed by atoms with van der Waals surface area (Å²) in [6.07, 6.45) is -3.90. The Balaban J connectivity index is 2.61. The number of nitrogens with one attached hydrogen (secondary N) is 1. The Kier molecular flexibility index (Phi) is 4.40. The van der Waals surface area contributed by atoms with E-state index in [0.717, 1.165) is 0 Å². The molecule has 0 bridgehead atoms. The van der Waals surface area contributed by atoms with E-state index in [-0.39, 0.29) is 12.3 Å². The standard InChI is InChI=1S/C10H19F3N2/c1-8(2)7-9(10(11,12)13)15-5-3-14-4-6-15/h8-9,14H,3-7H2,1-2H3. The van der Waals surface area contributed by atoms with Crippen molar-refractivity contribution < 1.29 is 13.2 Å². The molecule has 1 unspecified atom stereocenters. The number of nitrogens with zero attached hydrogens (tertiary/aromatic N) is 1. The van der Waals surface area contributed by atoms with Crippen molar-refractivity contribution in [1.82, 2.24) is 10.2 Å². The average Bonchev–Trinajstić information content (AvgIpc) is 2.14. The van der Waals surface area contributed by atoms with Gasteiger partial charge in [0.15, 0.2) is 0 Å². The van der Waals surface area contributed by atoms with Crippen LogP contribution in [0.25, 0.3) is 0 Å². The van der Waals surface area contributed by atoms with Crippen LogP contribution in [0.4, 0.5) is 13.2 Å². The second-order valence-electron chi connectivity index (χ2n) is 4.47. The third-order valence-electron chi connectivity index (χ3n) is 2.66. The highest BCUT2D eigenvalue weighted by molar-refractivity contribution is 4.82. The van der Waals surface area contributed by atoms with Gasteiger partial charge in [-0.3, -0.25) is 4.90 Å². The summed E-state index contributed by atoms with van der Waals surface area (Å²) in [7, 11) is 0. The van der Waals surface area contributed by atoms with Gasteiger partial charge in [-0.15, -0.1) is 0 Å². The van der Waals surface area contributed by atoms with Gasteiger partial charge in [0.05, 0.1) is 0 Å². The number of piperazine rings is 1. The van der Waals surface area contributed by atoms with Crippen LogP contribution in [0.2, 0.25) is 0 Å². The van der Waals surface area contributed by atoms with Crippen LogP contribution >= 0.6 is 0 Å². The monoisotopic (exact) mass is 224 g/mol. The third kappa shape index (κ3) is 3.99. The molecular formula is C10H19F3N2. The summed E-state index contributed by atoms with van der Waals surface area (Å²) < 4.78 is 38.4. The first-order valence-corrected chi connectivity index (χ1v) is 5.42. The van der Waals surface area contributed by atoms with Crippen LogP contribution in [0.3, 0.4) is 0 Å². The number of halogens is 3. The van der Waals surface area contributed by atoms with E-state index in [1.807, 2.05) is 13.8 Å². The van der Waals surface area contributed by atoms with Gasteiger partial charge in [0.1, 0.15) is 6.04 Å². The quantitative estimate of drug-likeness (QED) is 0.787. The minimum atomic E-state index is -4.10.